The number of halogens is 4. The molecule has 1 aromatic heterocycles. The van der Waals surface area contributed by atoms with Gasteiger partial charge in [0, 0.05) is 5.56 Å². The molecule has 3 aromatic carbocycles. The number of hydrogen-bond acceptors (Lipinski definition) is 6. The summed E-state index contributed by atoms with van der Waals surface area (Å²) >= 11 is 7.95. The summed E-state index contributed by atoms with van der Waals surface area (Å²) in [4.78, 5) is 6.33. The minimum Gasteiger partial charge on any atom is -0.406 e. The number of amidine groups is 1. The summed E-state index contributed by atoms with van der Waals surface area (Å²) in [5.41, 5.74) is 4.18. The summed E-state index contributed by atoms with van der Waals surface area (Å²) in [6, 6.07) is 18.6. The van der Waals surface area contributed by atoms with Crippen molar-refractivity contribution in [1.82, 2.24) is 14.8 Å². The van der Waals surface area contributed by atoms with Gasteiger partial charge in [0.05, 0.1) is 28.5 Å². The van der Waals surface area contributed by atoms with Gasteiger partial charge in [-0.15, -0.1) is 23.4 Å². The van der Waals surface area contributed by atoms with E-state index < -0.39 is 6.36 Å². The van der Waals surface area contributed by atoms with Crippen molar-refractivity contribution in [3.63, 3.8) is 0 Å². The van der Waals surface area contributed by atoms with Gasteiger partial charge in [0.2, 0.25) is 0 Å². The Kier molecular flexibility index (Phi) is 6.90. The lowest BCUT2D eigenvalue weighted by Gasteiger charge is -2.34. The van der Waals surface area contributed by atoms with E-state index in [9.17, 15) is 13.2 Å². The SMILES string of the molecule is Cc1cccc(Cl)c1N1CSC1=NN=Cc1ccc(-c2ncn(-c3ccc(OC(F)(F)F)cc3)n2)cc1. The third-order valence-corrected chi connectivity index (χ3v) is 6.61. The van der Waals surface area contributed by atoms with Crippen LogP contribution in [0.1, 0.15) is 11.1 Å². The highest BCUT2D eigenvalue weighted by Crippen LogP contribution is 2.37. The maximum atomic E-state index is 12.3. The molecule has 0 unspecified atom stereocenters. The predicted octanol–water partition coefficient (Wildman–Crippen LogP) is 6.70. The predicted molar refractivity (Wildman–Crippen MR) is 140 cm³/mol. The highest BCUT2D eigenvalue weighted by molar-refractivity contribution is 8.16. The zero-order valence-electron chi connectivity index (χ0n) is 19.2. The Morgan fingerprint density at radius 2 is 1.81 bits per heavy atom. The van der Waals surface area contributed by atoms with Crippen molar-refractivity contribution in [3.05, 3.63) is 89.2 Å². The molecule has 37 heavy (non-hydrogen) atoms. The number of benzene rings is 3. The number of aromatic nitrogens is 3. The average Bonchev–Trinajstić information content (AvgIpc) is 3.33. The van der Waals surface area contributed by atoms with Gasteiger partial charge in [-0.2, -0.15) is 5.10 Å². The quantitative estimate of drug-likeness (QED) is 0.200. The molecule has 4 aromatic rings. The van der Waals surface area contributed by atoms with E-state index in [2.05, 4.69) is 25.0 Å². The van der Waals surface area contributed by atoms with Gasteiger partial charge >= 0.3 is 6.36 Å². The Morgan fingerprint density at radius 3 is 2.46 bits per heavy atom. The van der Waals surface area contributed by atoms with E-state index in [1.807, 2.05) is 54.3 Å². The first-order valence-electron chi connectivity index (χ1n) is 10.9. The highest BCUT2D eigenvalue weighted by atomic mass is 35.5. The van der Waals surface area contributed by atoms with Crippen molar-refractivity contribution in [2.75, 3.05) is 10.8 Å². The third kappa shape index (κ3) is 5.78. The molecular weight excluding hydrogens is 525 g/mol. The monoisotopic (exact) mass is 542 g/mol. The van der Waals surface area contributed by atoms with Crippen LogP contribution in [0.15, 0.2) is 83.3 Å². The van der Waals surface area contributed by atoms with E-state index in [1.165, 1.54) is 35.3 Å². The molecule has 0 spiro atoms. The second-order valence-electron chi connectivity index (χ2n) is 7.91. The smallest absolute Gasteiger partial charge is 0.406 e. The van der Waals surface area contributed by atoms with Gasteiger partial charge in [0.25, 0.3) is 0 Å². The fourth-order valence-electron chi connectivity index (χ4n) is 3.58. The van der Waals surface area contributed by atoms with Crippen molar-refractivity contribution >= 4 is 40.4 Å². The standard InChI is InChI=1S/C25H18ClF3N6OS/c1-16-3-2-4-21(26)22(16)34-15-37-24(34)32-31-13-17-5-7-18(8-6-17)23-30-14-35(33-23)19-9-11-20(12-10-19)36-25(27,28)29/h2-14H,15H2,1H3. The first-order valence-corrected chi connectivity index (χ1v) is 12.3. The summed E-state index contributed by atoms with van der Waals surface area (Å²) in [6.45, 7) is 2.01. The van der Waals surface area contributed by atoms with Crippen LogP contribution in [0.2, 0.25) is 5.02 Å². The van der Waals surface area contributed by atoms with Gasteiger partial charge in [0.15, 0.2) is 11.0 Å². The summed E-state index contributed by atoms with van der Waals surface area (Å²) in [6.07, 6.45) is -1.59. The number of thioether (sulfide) groups is 1. The lowest BCUT2D eigenvalue weighted by Crippen LogP contribution is -2.39. The second-order valence-corrected chi connectivity index (χ2v) is 9.23. The van der Waals surface area contributed by atoms with Gasteiger partial charge < -0.3 is 9.64 Å². The van der Waals surface area contributed by atoms with E-state index in [4.69, 9.17) is 11.6 Å². The van der Waals surface area contributed by atoms with Crippen LogP contribution >= 0.6 is 23.4 Å². The molecule has 0 amide bonds. The normalized spacial score (nSPS) is 14.8. The molecule has 0 aliphatic carbocycles. The molecule has 7 nitrogen and oxygen atoms in total. The Balaban J connectivity index is 1.24. The molecule has 12 heteroatoms. The molecule has 0 saturated carbocycles. The van der Waals surface area contributed by atoms with Crippen molar-refractivity contribution < 1.29 is 17.9 Å². The minimum atomic E-state index is -4.74. The van der Waals surface area contributed by atoms with Crippen molar-refractivity contribution in [3.8, 4) is 22.8 Å². The molecule has 1 fully saturated rings. The first-order chi connectivity index (χ1) is 17.8. The number of rotatable bonds is 6. The lowest BCUT2D eigenvalue weighted by atomic mass is 10.1. The summed E-state index contributed by atoms with van der Waals surface area (Å²) in [5.74, 6) is 0.927. The van der Waals surface area contributed by atoms with E-state index >= 15 is 0 Å². The molecule has 5 rings (SSSR count). The second kappa shape index (κ2) is 10.3. The number of aryl methyl sites for hydroxylation is 1. The van der Waals surface area contributed by atoms with Crippen LogP contribution in [0.4, 0.5) is 18.9 Å². The number of anilines is 1. The average molecular weight is 543 g/mol. The molecule has 0 bridgehead atoms. The van der Waals surface area contributed by atoms with E-state index in [0.29, 0.717) is 16.5 Å². The number of ether oxygens (including phenoxy) is 1. The molecule has 1 aliphatic rings. The number of alkyl halides is 3. The largest absolute Gasteiger partial charge is 0.573 e. The van der Waals surface area contributed by atoms with Crippen molar-refractivity contribution in [2.24, 2.45) is 10.2 Å². The van der Waals surface area contributed by atoms with Gasteiger partial charge in [-0.3, -0.25) is 0 Å². The molecular formula is C25H18ClF3N6OS. The van der Waals surface area contributed by atoms with Gasteiger partial charge in [0.1, 0.15) is 12.1 Å². The highest BCUT2D eigenvalue weighted by Gasteiger charge is 2.31. The maximum Gasteiger partial charge on any atom is 0.573 e. The Labute approximate surface area is 219 Å². The van der Waals surface area contributed by atoms with Crippen LogP contribution in [0.3, 0.4) is 0 Å². The van der Waals surface area contributed by atoms with Gasteiger partial charge in [-0.05, 0) is 48.4 Å². The van der Waals surface area contributed by atoms with Crippen molar-refractivity contribution in [1.29, 1.82) is 0 Å². The molecule has 0 radical (unpaired) electrons. The van der Waals surface area contributed by atoms with Gasteiger partial charge in [-0.1, -0.05) is 59.8 Å². The Morgan fingerprint density at radius 1 is 1.05 bits per heavy atom. The van der Waals surface area contributed by atoms with E-state index in [-0.39, 0.29) is 5.75 Å². The van der Waals surface area contributed by atoms with Crippen LogP contribution in [0.5, 0.6) is 5.75 Å². The van der Waals surface area contributed by atoms with Crippen LogP contribution in [0, 0.1) is 6.92 Å². The summed E-state index contributed by atoms with van der Waals surface area (Å²) in [7, 11) is 0. The van der Waals surface area contributed by atoms with Crippen LogP contribution in [0.25, 0.3) is 17.1 Å². The lowest BCUT2D eigenvalue weighted by molar-refractivity contribution is -0.274. The zero-order valence-corrected chi connectivity index (χ0v) is 20.8. The zero-order chi connectivity index (χ0) is 26.0. The van der Waals surface area contributed by atoms with Crippen LogP contribution < -0.4 is 9.64 Å². The number of nitrogens with zero attached hydrogens (tertiary/aromatic N) is 6. The maximum absolute atomic E-state index is 12.3. The fraction of sp³-hybridized carbons (Fsp3) is 0.120. The Hall–Kier alpha value is -3.83. The molecule has 0 N–H and O–H groups in total. The van der Waals surface area contributed by atoms with Gasteiger partial charge in [-0.25, -0.2) is 9.67 Å². The van der Waals surface area contributed by atoms with Crippen molar-refractivity contribution in [2.45, 2.75) is 13.3 Å². The Bertz CT molecular complexity index is 1450. The minimum absolute atomic E-state index is 0.304. The summed E-state index contributed by atoms with van der Waals surface area (Å²) in [5, 5.41) is 14.4. The molecule has 1 saturated heterocycles. The number of hydrogen-bond donors (Lipinski definition) is 0. The first kappa shape index (κ1) is 24.8. The molecule has 188 valence electrons. The number of para-hydroxylation sites is 1. The topological polar surface area (TPSA) is 67.9 Å². The fourth-order valence-corrected chi connectivity index (χ4v) is 4.60. The molecule has 0 atom stereocenters. The van der Waals surface area contributed by atoms with E-state index in [1.54, 1.807) is 18.0 Å². The third-order valence-electron chi connectivity index (χ3n) is 5.36. The van der Waals surface area contributed by atoms with Crippen LogP contribution in [-0.4, -0.2) is 38.4 Å². The summed E-state index contributed by atoms with van der Waals surface area (Å²) < 4.78 is 42.4. The molecule has 2 heterocycles. The molecule has 1 aliphatic heterocycles. The van der Waals surface area contributed by atoms with Crippen LogP contribution in [-0.2, 0) is 0 Å². The van der Waals surface area contributed by atoms with E-state index in [0.717, 1.165) is 33.4 Å².